The van der Waals surface area contributed by atoms with Crippen LogP contribution in [-0.2, 0) is 9.53 Å². The Kier molecular flexibility index (Phi) is 5.10. The third kappa shape index (κ3) is 3.37. The summed E-state index contributed by atoms with van der Waals surface area (Å²) in [7, 11) is 1.49. The molecule has 0 bridgehead atoms. The third-order valence-electron chi connectivity index (χ3n) is 5.24. The van der Waals surface area contributed by atoms with Crippen molar-refractivity contribution in [3.05, 3.63) is 34.8 Å². The van der Waals surface area contributed by atoms with Crippen molar-refractivity contribution >= 4 is 11.9 Å². The molecule has 8 nitrogen and oxygen atoms in total. The van der Waals surface area contributed by atoms with Gasteiger partial charge in [0.05, 0.1) is 12.2 Å². The molecule has 1 aliphatic heterocycles. The number of rotatable bonds is 5. The lowest BCUT2D eigenvalue weighted by Crippen LogP contribution is -2.52. The second-order valence-electron chi connectivity index (χ2n) is 7.26. The largest absolute Gasteiger partial charge is 0.481 e. The van der Waals surface area contributed by atoms with Gasteiger partial charge in [0.25, 0.3) is 5.91 Å². The molecule has 0 radical (unpaired) electrons. The Morgan fingerprint density at radius 3 is 2.67 bits per heavy atom. The zero-order valence-electron chi connectivity index (χ0n) is 16.1. The smallest absolute Gasteiger partial charge is 0.313 e. The van der Waals surface area contributed by atoms with Crippen molar-refractivity contribution in [1.82, 2.24) is 14.6 Å². The summed E-state index contributed by atoms with van der Waals surface area (Å²) >= 11 is 0. The Bertz CT molecular complexity index is 865. The standard InChI is InChI=1S/C19H25N3O5/c1-12-8-15(14(3)22(12)16-9-13(2)27-20-16)17(23)21-7-5-6-19(10-21,11-26-4)18(24)25/h8-9H,5-7,10-11H2,1-4H3,(H,24,25). The Morgan fingerprint density at radius 1 is 1.33 bits per heavy atom. The van der Waals surface area contributed by atoms with Crippen molar-refractivity contribution in [2.24, 2.45) is 5.41 Å². The molecule has 2 aromatic heterocycles. The van der Waals surface area contributed by atoms with Crippen LogP contribution in [0.5, 0.6) is 0 Å². The molecule has 1 saturated heterocycles. The molecular weight excluding hydrogens is 350 g/mol. The van der Waals surface area contributed by atoms with Gasteiger partial charge in [0.15, 0.2) is 5.82 Å². The Labute approximate surface area is 157 Å². The topological polar surface area (TPSA) is 97.8 Å². The molecule has 27 heavy (non-hydrogen) atoms. The fourth-order valence-electron chi connectivity index (χ4n) is 3.90. The minimum atomic E-state index is -1.06. The number of methoxy groups -OCH3 is 1. The molecule has 0 saturated carbocycles. The molecule has 0 aromatic carbocycles. The van der Waals surface area contributed by atoms with Gasteiger partial charge in [-0.3, -0.25) is 14.2 Å². The number of likely N-dealkylation sites (tertiary alicyclic amines) is 1. The van der Waals surface area contributed by atoms with Gasteiger partial charge in [0, 0.05) is 37.7 Å². The summed E-state index contributed by atoms with van der Waals surface area (Å²) in [5.74, 6) is 0.216. The molecule has 3 rings (SSSR count). The molecule has 8 heteroatoms. The number of hydrogen-bond donors (Lipinski definition) is 1. The zero-order valence-corrected chi connectivity index (χ0v) is 16.1. The second-order valence-corrected chi connectivity index (χ2v) is 7.26. The number of amides is 1. The van der Waals surface area contributed by atoms with Gasteiger partial charge in [-0.25, -0.2) is 0 Å². The van der Waals surface area contributed by atoms with Crippen LogP contribution in [0.4, 0.5) is 0 Å². The number of aromatic nitrogens is 2. The van der Waals surface area contributed by atoms with Crippen molar-refractivity contribution in [1.29, 1.82) is 0 Å². The van der Waals surface area contributed by atoms with E-state index in [1.807, 2.05) is 37.5 Å². The van der Waals surface area contributed by atoms with E-state index >= 15 is 0 Å². The zero-order chi connectivity index (χ0) is 19.8. The molecule has 2 aromatic rings. The number of carboxylic acids is 1. The van der Waals surface area contributed by atoms with Gasteiger partial charge < -0.3 is 19.3 Å². The molecule has 1 aliphatic rings. The minimum absolute atomic E-state index is 0.0867. The van der Waals surface area contributed by atoms with Gasteiger partial charge in [-0.2, -0.15) is 0 Å². The molecular formula is C19H25N3O5. The quantitative estimate of drug-likeness (QED) is 0.861. The molecule has 3 heterocycles. The predicted octanol–water partition coefficient (Wildman–Crippen LogP) is 2.34. The van der Waals surface area contributed by atoms with Gasteiger partial charge in [-0.05, 0) is 39.7 Å². The van der Waals surface area contributed by atoms with Crippen LogP contribution in [0.25, 0.3) is 5.82 Å². The van der Waals surface area contributed by atoms with Crippen molar-refractivity contribution in [2.75, 3.05) is 26.8 Å². The number of carbonyl (C=O) groups excluding carboxylic acids is 1. The van der Waals surface area contributed by atoms with E-state index in [2.05, 4.69) is 5.16 Å². The van der Waals surface area contributed by atoms with Crippen LogP contribution in [0.3, 0.4) is 0 Å². The number of aryl methyl sites for hydroxylation is 2. The van der Waals surface area contributed by atoms with Gasteiger partial charge in [0.2, 0.25) is 0 Å². The van der Waals surface area contributed by atoms with Gasteiger partial charge in [-0.1, -0.05) is 5.16 Å². The Balaban J connectivity index is 1.91. The summed E-state index contributed by atoms with van der Waals surface area (Å²) in [6.45, 7) is 6.32. The first-order valence-corrected chi connectivity index (χ1v) is 8.93. The maximum Gasteiger partial charge on any atom is 0.313 e. The highest BCUT2D eigenvalue weighted by Gasteiger charge is 2.44. The summed E-state index contributed by atoms with van der Waals surface area (Å²) in [5, 5.41) is 13.7. The summed E-state index contributed by atoms with van der Waals surface area (Å²) in [5.41, 5.74) is 1.11. The van der Waals surface area contributed by atoms with E-state index in [9.17, 15) is 14.7 Å². The van der Waals surface area contributed by atoms with Gasteiger partial charge in [-0.15, -0.1) is 0 Å². The lowest BCUT2D eigenvalue weighted by molar-refractivity contribution is -0.155. The van der Waals surface area contributed by atoms with Crippen LogP contribution in [0.1, 0.15) is 40.3 Å². The van der Waals surface area contributed by atoms with E-state index in [-0.39, 0.29) is 19.1 Å². The first-order chi connectivity index (χ1) is 12.8. The number of nitrogens with zero attached hydrogens (tertiary/aromatic N) is 3. The maximum absolute atomic E-state index is 13.2. The summed E-state index contributed by atoms with van der Waals surface area (Å²) < 4.78 is 12.2. The molecule has 0 aliphatic carbocycles. The Hall–Kier alpha value is -2.61. The number of piperidine rings is 1. The average Bonchev–Trinajstić information content (AvgIpc) is 3.17. The average molecular weight is 375 g/mol. The first kappa shape index (κ1) is 19.2. The van der Waals surface area contributed by atoms with Crippen molar-refractivity contribution in [3.8, 4) is 5.82 Å². The van der Waals surface area contributed by atoms with Crippen molar-refractivity contribution in [3.63, 3.8) is 0 Å². The first-order valence-electron chi connectivity index (χ1n) is 8.93. The highest BCUT2D eigenvalue weighted by molar-refractivity contribution is 5.96. The van der Waals surface area contributed by atoms with Gasteiger partial charge >= 0.3 is 5.97 Å². The minimum Gasteiger partial charge on any atom is -0.481 e. The number of carboxylic acid groups (broad SMARTS) is 1. The predicted molar refractivity (Wildman–Crippen MR) is 97.1 cm³/mol. The second kappa shape index (κ2) is 7.19. The van der Waals surface area contributed by atoms with E-state index in [1.165, 1.54) is 7.11 Å². The van der Waals surface area contributed by atoms with E-state index in [1.54, 1.807) is 4.90 Å². The van der Waals surface area contributed by atoms with Gasteiger partial charge in [0.1, 0.15) is 11.2 Å². The Morgan fingerprint density at radius 2 is 2.07 bits per heavy atom. The normalized spacial score (nSPS) is 20.1. The molecule has 0 spiro atoms. The molecule has 1 unspecified atom stereocenters. The highest BCUT2D eigenvalue weighted by Crippen LogP contribution is 2.32. The van der Waals surface area contributed by atoms with Crippen LogP contribution in [0.2, 0.25) is 0 Å². The van der Waals surface area contributed by atoms with Crippen molar-refractivity contribution in [2.45, 2.75) is 33.6 Å². The fourth-order valence-corrected chi connectivity index (χ4v) is 3.90. The maximum atomic E-state index is 13.2. The molecule has 146 valence electrons. The monoisotopic (exact) mass is 375 g/mol. The summed E-state index contributed by atoms with van der Waals surface area (Å²) in [6, 6.07) is 3.62. The lowest BCUT2D eigenvalue weighted by atomic mass is 9.80. The van der Waals surface area contributed by atoms with E-state index in [0.29, 0.717) is 36.5 Å². The molecule has 1 amide bonds. The van der Waals surface area contributed by atoms with Crippen LogP contribution in [-0.4, -0.2) is 58.4 Å². The SMILES string of the molecule is COCC1(C(=O)O)CCCN(C(=O)c2cc(C)n(-c3cc(C)on3)c2C)C1. The van der Waals surface area contributed by atoms with E-state index in [4.69, 9.17) is 9.26 Å². The third-order valence-corrected chi connectivity index (χ3v) is 5.24. The fraction of sp³-hybridized carbons (Fsp3) is 0.526. The highest BCUT2D eigenvalue weighted by atomic mass is 16.5. The number of carbonyl (C=O) groups is 2. The van der Waals surface area contributed by atoms with Crippen LogP contribution in [0, 0.1) is 26.2 Å². The number of aliphatic carboxylic acids is 1. The van der Waals surface area contributed by atoms with Crippen LogP contribution in [0.15, 0.2) is 16.7 Å². The summed E-state index contributed by atoms with van der Waals surface area (Å²) in [4.78, 5) is 26.6. The van der Waals surface area contributed by atoms with E-state index in [0.717, 1.165) is 11.4 Å². The summed E-state index contributed by atoms with van der Waals surface area (Å²) in [6.07, 6.45) is 1.12. The number of hydrogen-bond acceptors (Lipinski definition) is 5. The van der Waals surface area contributed by atoms with Crippen LogP contribution < -0.4 is 0 Å². The molecule has 1 atom stereocenters. The lowest BCUT2D eigenvalue weighted by Gasteiger charge is -2.39. The molecule has 1 fully saturated rings. The van der Waals surface area contributed by atoms with Crippen molar-refractivity contribution < 1.29 is 24.0 Å². The van der Waals surface area contributed by atoms with Crippen LogP contribution >= 0.6 is 0 Å². The number of ether oxygens (including phenoxy) is 1. The molecule has 1 N–H and O–H groups in total. The van der Waals surface area contributed by atoms with E-state index < -0.39 is 11.4 Å².